The maximum atomic E-state index is 12.4. The van der Waals surface area contributed by atoms with Crippen LogP contribution in [0.25, 0.3) is 0 Å². The lowest BCUT2D eigenvalue weighted by atomic mass is 10.1. The van der Waals surface area contributed by atoms with Gasteiger partial charge in [-0.15, -0.1) is 0 Å². The molecule has 0 bridgehead atoms. The molecule has 2 aromatic carbocycles. The third-order valence-corrected chi connectivity index (χ3v) is 3.75. The zero-order chi connectivity index (χ0) is 16.1. The van der Waals surface area contributed by atoms with Crippen LogP contribution in [0.2, 0.25) is 0 Å². The van der Waals surface area contributed by atoms with Crippen LogP contribution in [0.3, 0.4) is 0 Å². The maximum absolute atomic E-state index is 12.4. The van der Waals surface area contributed by atoms with E-state index < -0.39 is 6.10 Å². The fourth-order valence-electron chi connectivity index (χ4n) is 2.36. The molecule has 0 radical (unpaired) electrons. The Labute approximate surface area is 132 Å². The molecule has 1 N–H and O–H groups in total. The van der Waals surface area contributed by atoms with E-state index in [2.05, 4.69) is 12.2 Å². The molecule has 2 aromatic rings. The largest absolute Gasteiger partial charge is 0.481 e. The van der Waals surface area contributed by atoms with E-state index >= 15 is 0 Å². The average Bonchev–Trinajstić information content (AvgIpc) is 2.51. The molecule has 22 heavy (non-hydrogen) atoms. The summed E-state index contributed by atoms with van der Waals surface area (Å²) in [4.78, 5) is 12.4. The Bertz CT molecular complexity index is 664. The molecule has 0 saturated carbocycles. The summed E-state index contributed by atoms with van der Waals surface area (Å²) >= 11 is 0. The van der Waals surface area contributed by atoms with Crippen LogP contribution in [-0.2, 0) is 11.2 Å². The van der Waals surface area contributed by atoms with Gasteiger partial charge in [0.25, 0.3) is 5.91 Å². The Morgan fingerprint density at radius 3 is 2.45 bits per heavy atom. The van der Waals surface area contributed by atoms with Gasteiger partial charge in [-0.1, -0.05) is 43.3 Å². The van der Waals surface area contributed by atoms with Gasteiger partial charge < -0.3 is 10.1 Å². The lowest BCUT2D eigenvalue weighted by molar-refractivity contribution is -0.122. The predicted octanol–water partition coefficient (Wildman–Crippen LogP) is 4.27. The highest BCUT2D eigenvalue weighted by Gasteiger charge is 2.17. The summed E-state index contributed by atoms with van der Waals surface area (Å²) in [5.41, 5.74) is 4.12. The first-order valence-electron chi connectivity index (χ1n) is 7.64. The topological polar surface area (TPSA) is 38.3 Å². The molecule has 0 heterocycles. The first kappa shape index (κ1) is 16.1. The number of hydrogen-bond acceptors (Lipinski definition) is 2. The summed E-state index contributed by atoms with van der Waals surface area (Å²) in [6.45, 7) is 7.82. The Hall–Kier alpha value is -2.29. The lowest BCUT2D eigenvalue weighted by Gasteiger charge is -2.18. The third kappa shape index (κ3) is 3.67. The Morgan fingerprint density at radius 2 is 1.77 bits per heavy atom. The predicted molar refractivity (Wildman–Crippen MR) is 90.5 cm³/mol. The van der Waals surface area contributed by atoms with Crippen molar-refractivity contribution >= 4 is 11.6 Å². The molecule has 0 aromatic heterocycles. The van der Waals surface area contributed by atoms with Crippen LogP contribution in [0, 0.1) is 13.8 Å². The number of para-hydroxylation sites is 2. The van der Waals surface area contributed by atoms with Crippen LogP contribution < -0.4 is 10.1 Å². The first-order valence-corrected chi connectivity index (χ1v) is 7.64. The summed E-state index contributed by atoms with van der Waals surface area (Å²) in [6.07, 6.45) is 0.329. The van der Waals surface area contributed by atoms with Gasteiger partial charge in [-0.3, -0.25) is 4.79 Å². The molecule has 0 spiro atoms. The van der Waals surface area contributed by atoms with Gasteiger partial charge in [-0.05, 0) is 49.9 Å². The van der Waals surface area contributed by atoms with Gasteiger partial charge >= 0.3 is 0 Å². The van der Waals surface area contributed by atoms with Crippen LogP contribution in [0.15, 0.2) is 42.5 Å². The molecule has 0 aliphatic rings. The zero-order valence-corrected chi connectivity index (χ0v) is 13.6. The average molecular weight is 297 g/mol. The Balaban J connectivity index is 2.11. The van der Waals surface area contributed by atoms with Gasteiger partial charge in [0.2, 0.25) is 0 Å². The van der Waals surface area contributed by atoms with Crippen molar-refractivity contribution in [1.29, 1.82) is 0 Å². The molecular formula is C19H23NO2. The van der Waals surface area contributed by atoms with Crippen molar-refractivity contribution < 1.29 is 9.53 Å². The van der Waals surface area contributed by atoms with Gasteiger partial charge in [-0.2, -0.15) is 0 Å². The molecule has 0 aliphatic heterocycles. The minimum Gasteiger partial charge on any atom is -0.481 e. The SMILES string of the molecule is CCc1cccc(C)c1NC(=O)[C@H](C)Oc1ccccc1C. The smallest absolute Gasteiger partial charge is 0.265 e. The second kappa shape index (κ2) is 7.12. The highest BCUT2D eigenvalue weighted by molar-refractivity contribution is 5.95. The van der Waals surface area contributed by atoms with Crippen molar-refractivity contribution in [3.8, 4) is 5.75 Å². The van der Waals surface area contributed by atoms with Crippen LogP contribution in [0.4, 0.5) is 5.69 Å². The van der Waals surface area contributed by atoms with Crippen molar-refractivity contribution in [2.45, 2.75) is 40.2 Å². The number of rotatable bonds is 5. The second-order valence-corrected chi connectivity index (χ2v) is 5.48. The summed E-state index contributed by atoms with van der Waals surface area (Å²) in [6, 6.07) is 13.8. The number of aryl methyl sites for hydroxylation is 3. The van der Waals surface area contributed by atoms with E-state index in [4.69, 9.17) is 4.74 Å². The molecule has 2 rings (SSSR count). The normalized spacial score (nSPS) is 11.8. The Morgan fingerprint density at radius 1 is 1.09 bits per heavy atom. The number of anilines is 1. The highest BCUT2D eigenvalue weighted by atomic mass is 16.5. The van der Waals surface area contributed by atoms with E-state index in [1.807, 2.05) is 56.3 Å². The number of benzene rings is 2. The van der Waals surface area contributed by atoms with Gasteiger partial charge in [0, 0.05) is 5.69 Å². The number of hydrogen-bond donors (Lipinski definition) is 1. The van der Waals surface area contributed by atoms with Crippen molar-refractivity contribution in [1.82, 2.24) is 0 Å². The van der Waals surface area contributed by atoms with Gasteiger partial charge in [0.15, 0.2) is 6.10 Å². The number of nitrogens with one attached hydrogen (secondary N) is 1. The molecule has 3 nitrogen and oxygen atoms in total. The van der Waals surface area contributed by atoms with Gasteiger partial charge in [0.1, 0.15) is 5.75 Å². The van der Waals surface area contributed by atoms with Crippen LogP contribution >= 0.6 is 0 Å². The molecule has 116 valence electrons. The summed E-state index contributed by atoms with van der Waals surface area (Å²) in [5, 5.41) is 3.01. The van der Waals surface area contributed by atoms with Crippen molar-refractivity contribution in [3.63, 3.8) is 0 Å². The maximum Gasteiger partial charge on any atom is 0.265 e. The van der Waals surface area contributed by atoms with Crippen molar-refractivity contribution in [2.75, 3.05) is 5.32 Å². The molecule has 0 fully saturated rings. The molecule has 0 aliphatic carbocycles. The van der Waals surface area contributed by atoms with E-state index in [-0.39, 0.29) is 5.91 Å². The monoisotopic (exact) mass is 297 g/mol. The van der Waals surface area contributed by atoms with Gasteiger partial charge in [0.05, 0.1) is 0 Å². The zero-order valence-electron chi connectivity index (χ0n) is 13.6. The van der Waals surface area contributed by atoms with Crippen LogP contribution in [0.5, 0.6) is 5.75 Å². The van der Waals surface area contributed by atoms with Crippen molar-refractivity contribution in [2.24, 2.45) is 0 Å². The first-order chi connectivity index (χ1) is 10.5. The van der Waals surface area contributed by atoms with E-state index in [0.717, 1.165) is 34.5 Å². The van der Waals surface area contributed by atoms with Crippen LogP contribution in [-0.4, -0.2) is 12.0 Å². The second-order valence-electron chi connectivity index (χ2n) is 5.48. The minimum atomic E-state index is -0.551. The molecular weight excluding hydrogens is 274 g/mol. The minimum absolute atomic E-state index is 0.132. The van der Waals surface area contributed by atoms with Gasteiger partial charge in [-0.25, -0.2) is 0 Å². The Kier molecular flexibility index (Phi) is 5.21. The fraction of sp³-hybridized carbons (Fsp3) is 0.316. The lowest BCUT2D eigenvalue weighted by Crippen LogP contribution is -2.31. The summed E-state index contributed by atoms with van der Waals surface area (Å²) in [5.74, 6) is 0.609. The van der Waals surface area contributed by atoms with Crippen molar-refractivity contribution in [3.05, 3.63) is 59.2 Å². The number of amides is 1. The quantitative estimate of drug-likeness (QED) is 0.895. The summed E-state index contributed by atoms with van der Waals surface area (Å²) < 4.78 is 5.78. The number of ether oxygens (including phenoxy) is 1. The van der Waals surface area contributed by atoms with E-state index in [1.165, 1.54) is 0 Å². The molecule has 1 amide bonds. The fourth-order valence-corrected chi connectivity index (χ4v) is 2.36. The van der Waals surface area contributed by atoms with Crippen LogP contribution in [0.1, 0.15) is 30.5 Å². The number of carbonyl (C=O) groups excluding carboxylic acids is 1. The number of carbonyl (C=O) groups is 1. The third-order valence-electron chi connectivity index (χ3n) is 3.75. The standard InChI is InChI=1S/C19H23NO2/c1-5-16-11-8-10-14(3)18(16)20-19(21)15(4)22-17-12-7-6-9-13(17)2/h6-12,15H,5H2,1-4H3,(H,20,21)/t15-/m0/s1. The summed E-state index contributed by atoms with van der Waals surface area (Å²) in [7, 11) is 0. The van der Waals surface area contributed by atoms with E-state index in [0.29, 0.717) is 0 Å². The highest BCUT2D eigenvalue weighted by Crippen LogP contribution is 2.22. The molecule has 1 atom stereocenters. The van der Waals surface area contributed by atoms with E-state index in [1.54, 1.807) is 6.92 Å². The molecule has 0 saturated heterocycles. The molecule has 3 heteroatoms. The molecule has 0 unspecified atom stereocenters. The van der Waals surface area contributed by atoms with E-state index in [9.17, 15) is 4.79 Å².